The third kappa shape index (κ3) is 2.64. The Hall–Kier alpha value is -3.21. The number of pyridine rings is 1. The van der Waals surface area contributed by atoms with Crippen molar-refractivity contribution in [1.82, 2.24) is 9.97 Å². The van der Waals surface area contributed by atoms with Crippen LogP contribution in [0.4, 0.5) is 0 Å². The van der Waals surface area contributed by atoms with Crippen molar-refractivity contribution in [1.29, 1.82) is 0 Å². The second kappa shape index (κ2) is 5.65. The standard InChI is InChI=1S/C17H13N3O2/c18-15(21)7-6-12-9-19-17-14(12)8-13(10-20-17)16(22)11-4-2-1-3-5-11/h1-10H,(H2,18,21)(H,19,20)/b7-6+. The average Bonchev–Trinajstić information content (AvgIpc) is 2.95. The molecule has 5 nitrogen and oxygen atoms in total. The molecule has 0 saturated heterocycles. The zero-order valence-electron chi connectivity index (χ0n) is 11.6. The molecule has 0 aliphatic rings. The van der Waals surface area contributed by atoms with E-state index in [2.05, 4.69) is 9.97 Å². The highest BCUT2D eigenvalue weighted by Crippen LogP contribution is 2.20. The third-order valence-electron chi connectivity index (χ3n) is 3.29. The van der Waals surface area contributed by atoms with Crippen LogP contribution in [0.3, 0.4) is 0 Å². The van der Waals surface area contributed by atoms with E-state index in [1.165, 1.54) is 12.3 Å². The molecule has 1 amide bonds. The topological polar surface area (TPSA) is 88.8 Å². The van der Waals surface area contributed by atoms with E-state index in [9.17, 15) is 9.59 Å². The largest absolute Gasteiger partial charge is 0.366 e. The first kappa shape index (κ1) is 13.8. The molecular weight excluding hydrogens is 278 g/mol. The summed E-state index contributed by atoms with van der Waals surface area (Å²) in [6.45, 7) is 0. The molecule has 5 heteroatoms. The van der Waals surface area contributed by atoms with E-state index < -0.39 is 5.91 Å². The quantitative estimate of drug-likeness (QED) is 0.571. The fraction of sp³-hybridized carbons (Fsp3) is 0. The predicted octanol–water partition coefficient (Wildman–Crippen LogP) is 2.29. The zero-order chi connectivity index (χ0) is 15.5. The fourth-order valence-corrected chi connectivity index (χ4v) is 2.21. The van der Waals surface area contributed by atoms with E-state index in [1.54, 1.807) is 30.5 Å². The Kier molecular flexibility index (Phi) is 3.53. The van der Waals surface area contributed by atoms with Crippen LogP contribution in [0.2, 0.25) is 0 Å². The van der Waals surface area contributed by atoms with Crippen LogP contribution in [0, 0.1) is 0 Å². The first-order valence-corrected chi connectivity index (χ1v) is 6.69. The molecule has 22 heavy (non-hydrogen) atoms. The Bertz CT molecular complexity index is 879. The van der Waals surface area contributed by atoms with Crippen LogP contribution in [0.1, 0.15) is 21.5 Å². The van der Waals surface area contributed by atoms with Gasteiger partial charge >= 0.3 is 0 Å². The van der Waals surface area contributed by atoms with Crippen LogP contribution in [-0.4, -0.2) is 21.7 Å². The van der Waals surface area contributed by atoms with Gasteiger partial charge in [0.25, 0.3) is 0 Å². The van der Waals surface area contributed by atoms with Gasteiger partial charge < -0.3 is 10.7 Å². The first-order valence-electron chi connectivity index (χ1n) is 6.69. The van der Waals surface area contributed by atoms with Crippen molar-refractivity contribution in [3.63, 3.8) is 0 Å². The number of benzene rings is 1. The second-order valence-electron chi connectivity index (χ2n) is 4.80. The predicted molar refractivity (Wildman–Crippen MR) is 84.2 cm³/mol. The molecular formula is C17H13N3O2. The molecule has 0 bridgehead atoms. The Balaban J connectivity index is 2.03. The minimum Gasteiger partial charge on any atom is -0.366 e. The highest BCUT2D eigenvalue weighted by molar-refractivity contribution is 6.10. The highest BCUT2D eigenvalue weighted by Gasteiger charge is 2.11. The monoisotopic (exact) mass is 291 g/mol. The number of aromatic nitrogens is 2. The van der Waals surface area contributed by atoms with Gasteiger partial charge in [0, 0.05) is 40.5 Å². The van der Waals surface area contributed by atoms with Crippen molar-refractivity contribution in [2.75, 3.05) is 0 Å². The van der Waals surface area contributed by atoms with Crippen LogP contribution < -0.4 is 5.73 Å². The summed E-state index contributed by atoms with van der Waals surface area (Å²) in [6, 6.07) is 10.8. The molecule has 0 aliphatic carbocycles. The number of rotatable bonds is 4. The van der Waals surface area contributed by atoms with E-state index >= 15 is 0 Å². The van der Waals surface area contributed by atoms with Gasteiger partial charge in [-0.25, -0.2) is 4.98 Å². The highest BCUT2D eigenvalue weighted by atomic mass is 16.1. The lowest BCUT2D eigenvalue weighted by atomic mass is 10.0. The summed E-state index contributed by atoms with van der Waals surface area (Å²) >= 11 is 0. The molecule has 0 fully saturated rings. The average molecular weight is 291 g/mol. The van der Waals surface area contributed by atoms with Crippen LogP contribution >= 0.6 is 0 Å². The number of nitrogens with two attached hydrogens (primary N) is 1. The van der Waals surface area contributed by atoms with E-state index in [0.717, 1.165) is 10.9 Å². The Morgan fingerprint density at radius 2 is 1.91 bits per heavy atom. The number of nitrogens with one attached hydrogen (secondary N) is 1. The lowest BCUT2D eigenvalue weighted by Crippen LogP contribution is -2.05. The van der Waals surface area contributed by atoms with Gasteiger partial charge in [0.1, 0.15) is 5.65 Å². The van der Waals surface area contributed by atoms with Crippen molar-refractivity contribution in [3.05, 3.63) is 71.6 Å². The maximum Gasteiger partial charge on any atom is 0.241 e. The molecule has 0 spiro atoms. The molecule has 2 aromatic heterocycles. The molecule has 0 aliphatic heterocycles. The van der Waals surface area contributed by atoms with Crippen molar-refractivity contribution < 1.29 is 9.59 Å². The van der Waals surface area contributed by atoms with Gasteiger partial charge in [0.15, 0.2) is 5.78 Å². The Morgan fingerprint density at radius 1 is 1.14 bits per heavy atom. The van der Waals surface area contributed by atoms with E-state index in [0.29, 0.717) is 16.8 Å². The van der Waals surface area contributed by atoms with Gasteiger partial charge in [0.2, 0.25) is 5.91 Å². The maximum absolute atomic E-state index is 12.4. The van der Waals surface area contributed by atoms with Crippen LogP contribution in [0.15, 0.2) is 54.9 Å². The summed E-state index contributed by atoms with van der Waals surface area (Å²) in [7, 11) is 0. The number of hydrogen-bond donors (Lipinski definition) is 2. The SMILES string of the molecule is NC(=O)/C=C/c1c[nH]c2ncc(C(=O)c3ccccc3)cc12. The molecule has 0 atom stereocenters. The van der Waals surface area contributed by atoms with Gasteiger partial charge in [-0.05, 0) is 12.1 Å². The van der Waals surface area contributed by atoms with Crippen molar-refractivity contribution in [2.45, 2.75) is 0 Å². The molecule has 1 aromatic carbocycles. The van der Waals surface area contributed by atoms with Crippen molar-refractivity contribution in [3.8, 4) is 0 Å². The Morgan fingerprint density at radius 3 is 2.64 bits per heavy atom. The summed E-state index contributed by atoms with van der Waals surface area (Å²) in [5.74, 6) is -0.625. The van der Waals surface area contributed by atoms with E-state index in [1.807, 2.05) is 18.2 Å². The molecule has 2 heterocycles. The van der Waals surface area contributed by atoms with Crippen LogP contribution in [-0.2, 0) is 4.79 Å². The molecule has 3 N–H and O–H groups in total. The smallest absolute Gasteiger partial charge is 0.241 e. The first-order chi connectivity index (χ1) is 10.6. The minimum atomic E-state index is -0.529. The van der Waals surface area contributed by atoms with Gasteiger partial charge in [-0.3, -0.25) is 9.59 Å². The van der Waals surface area contributed by atoms with Gasteiger partial charge in [-0.15, -0.1) is 0 Å². The number of hydrogen-bond acceptors (Lipinski definition) is 3. The van der Waals surface area contributed by atoms with E-state index in [4.69, 9.17) is 5.73 Å². The number of nitrogens with zero attached hydrogens (tertiary/aromatic N) is 1. The number of fused-ring (bicyclic) bond motifs is 1. The lowest BCUT2D eigenvalue weighted by molar-refractivity contribution is -0.113. The second-order valence-corrected chi connectivity index (χ2v) is 4.80. The summed E-state index contributed by atoms with van der Waals surface area (Å²) < 4.78 is 0. The number of aromatic amines is 1. The zero-order valence-corrected chi connectivity index (χ0v) is 11.6. The van der Waals surface area contributed by atoms with Crippen molar-refractivity contribution in [2.24, 2.45) is 5.73 Å². The molecule has 108 valence electrons. The number of primary amides is 1. The van der Waals surface area contributed by atoms with Crippen LogP contribution in [0.25, 0.3) is 17.1 Å². The molecule has 0 unspecified atom stereocenters. The number of amides is 1. The van der Waals surface area contributed by atoms with Gasteiger partial charge in [-0.1, -0.05) is 30.3 Å². The number of ketones is 1. The molecule has 3 aromatic rings. The third-order valence-corrected chi connectivity index (χ3v) is 3.29. The molecule has 3 rings (SSSR count). The van der Waals surface area contributed by atoms with Crippen LogP contribution in [0.5, 0.6) is 0 Å². The number of carbonyl (C=O) groups is 2. The minimum absolute atomic E-state index is 0.0963. The van der Waals surface area contributed by atoms with E-state index in [-0.39, 0.29) is 5.78 Å². The number of carbonyl (C=O) groups excluding carboxylic acids is 2. The lowest BCUT2D eigenvalue weighted by Gasteiger charge is -2.01. The van der Waals surface area contributed by atoms with Gasteiger partial charge in [0.05, 0.1) is 0 Å². The summed E-state index contributed by atoms with van der Waals surface area (Å²) in [4.78, 5) is 30.5. The molecule has 0 saturated carbocycles. The summed E-state index contributed by atoms with van der Waals surface area (Å²) in [6.07, 6.45) is 6.12. The summed E-state index contributed by atoms with van der Waals surface area (Å²) in [5, 5.41) is 0.763. The van der Waals surface area contributed by atoms with Gasteiger partial charge in [-0.2, -0.15) is 0 Å². The summed E-state index contributed by atoms with van der Waals surface area (Å²) in [5.41, 5.74) is 7.60. The fourth-order valence-electron chi connectivity index (χ4n) is 2.21. The maximum atomic E-state index is 12.4. The van der Waals surface area contributed by atoms with Crippen molar-refractivity contribution >= 4 is 28.8 Å². The molecule has 0 radical (unpaired) electrons. The Labute approximate surface area is 126 Å². The number of H-pyrrole nitrogens is 1. The normalized spacial score (nSPS) is 11.1.